The fourth-order valence-corrected chi connectivity index (χ4v) is 1.82. The van der Waals surface area contributed by atoms with Gasteiger partial charge in [0, 0.05) is 12.4 Å². The quantitative estimate of drug-likeness (QED) is 0.610. The molecule has 0 aromatic heterocycles. The van der Waals surface area contributed by atoms with E-state index in [2.05, 4.69) is 21.7 Å². The van der Waals surface area contributed by atoms with Gasteiger partial charge < -0.3 is 4.90 Å². The Morgan fingerprint density at radius 1 is 1.08 bits per heavy atom. The molecule has 0 amide bonds. The van der Waals surface area contributed by atoms with Crippen LogP contribution in [0.25, 0.3) is 0 Å². The Morgan fingerprint density at radius 3 is 2.50 bits per heavy atom. The van der Waals surface area contributed by atoms with E-state index in [-0.39, 0.29) is 0 Å². The molecule has 12 heavy (non-hydrogen) atoms. The minimum Gasteiger partial charge on any atom is -0.303 e. The highest BCUT2D eigenvalue weighted by molar-refractivity contribution is 7.47. The van der Waals surface area contributed by atoms with Gasteiger partial charge in [0.2, 0.25) is 0 Å². The number of unbranched alkanes of at least 4 members (excludes halogenated alkanes) is 1. The molecule has 0 aliphatic carbocycles. The van der Waals surface area contributed by atoms with Crippen LogP contribution in [0.1, 0.15) is 32.1 Å². The minimum absolute atomic E-state index is 0.864. The Morgan fingerprint density at radius 2 is 1.83 bits per heavy atom. The maximum Gasteiger partial charge on any atom is 0.0521 e. The predicted molar refractivity (Wildman–Crippen MR) is 54.2 cm³/mol. The van der Waals surface area contributed by atoms with Crippen LogP contribution in [0, 0.1) is 0 Å². The van der Waals surface area contributed by atoms with E-state index in [0.29, 0.717) is 0 Å². The van der Waals surface area contributed by atoms with Crippen molar-refractivity contribution in [3.63, 3.8) is 0 Å². The van der Waals surface area contributed by atoms with E-state index in [9.17, 15) is 0 Å². The van der Waals surface area contributed by atoms with Gasteiger partial charge in [0.05, 0.1) is 6.54 Å². The lowest BCUT2D eigenvalue weighted by Gasteiger charge is -2.26. The topological polar surface area (TPSA) is 15.6 Å². The van der Waals surface area contributed by atoms with Gasteiger partial charge in [-0.1, -0.05) is 6.42 Å². The van der Waals surface area contributed by atoms with E-state index in [0.717, 1.165) is 6.54 Å². The van der Waals surface area contributed by atoms with E-state index in [4.69, 9.17) is 0 Å². The molecule has 1 rings (SSSR count). The Kier molecular flexibility index (Phi) is 5.44. The summed E-state index contributed by atoms with van der Waals surface area (Å²) in [6.07, 6.45) is 6.65. The molecule has 1 aliphatic rings. The molecular formula is C9H18N2S. The molecule has 0 bridgehead atoms. The van der Waals surface area contributed by atoms with Crippen molar-refractivity contribution in [3.05, 3.63) is 0 Å². The predicted octanol–water partition coefficient (Wildman–Crippen LogP) is 1.98. The van der Waals surface area contributed by atoms with Crippen molar-refractivity contribution in [3.8, 4) is 0 Å². The summed E-state index contributed by atoms with van der Waals surface area (Å²) in [5.74, 6) is 0. The van der Waals surface area contributed by atoms with Crippen LogP contribution in [-0.2, 0) is 12.4 Å². The average molecular weight is 186 g/mol. The van der Waals surface area contributed by atoms with Gasteiger partial charge in [-0.15, -0.1) is 0 Å². The molecular weight excluding hydrogens is 168 g/mol. The van der Waals surface area contributed by atoms with Gasteiger partial charge in [0.15, 0.2) is 0 Å². The molecule has 0 saturated carbocycles. The van der Waals surface area contributed by atoms with Crippen LogP contribution in [-0.4, -0.2) is 31.1 Å². The van der Waals surface area contributed by atoms with Crippen LogP contribution in [0.3, 0.4) is 0 Å². The van der Waals surface area contributed by atoms with Gasteiger partial charge in [-0.05, 0) is 45.3 Å². The number of likely N-dealkylation sites (tertiary alicyclic amines) is 1. The van der Waals surface area contributed by atoms with Crippen molar-refractivity contribution >= 4 is 12.4 Å². The molecule has 1 heterocycles. The zero-order chi connectivity index (χ0) is 8.65. The van der Waals surface area contributed by atoms with Crippen LogP contribution in [0.5, 0.6) is 0 Å². The summed E-state index contributed by atoms with van der Waals surface area (Å²) in [7, 11) is 0. The maximum absolute atomic E-state index is 4.53. The molecule has 0 radical (unpaired) electrons. The average Bonchev–Trinajstić information content (AvgIpc) is 2.14. The number of hydrogen-bond donors (Lipinski definition) is 0. The third kappa shape index (κ3) is 4.12. The Labute approximate surface area is 80.5 Å². The summed E-state index contributed by atoms with van der Waals surface area (Å²) in [4.78, 5) is 2.56. The molecule has 1 aliphatic heterocycles. The third-order valence-electron chi connectivity index (χ3n) is 2.42. The van der Waals surface area contributed by atoms with Crippen molar-refractivity contribution in [2.24, 2.45) is 4.36 Å². The van der Waals surface area contributed by atoms with Crippen molar-refractivity contribution in [2.45, 2.75) is 32.1 Å². The van der Waals surface area contributed by atoms with Crippen molar-refractivity contribution in [1.29, 1.82) is 0 Å². The first-order chi connectivity index (χ1) is 5.93. The highest BCUT2D eigenvalue weighted by atomic mass is 32.1. The summed E-state index contributed by atoms with van der Waals surface area (Å²) in [5.41, 5.74) is 0. The Balaban J connectivity index is 1.94. The van der Waals surface area contributed by atoms with Gasteiger partial charge in [0.25, 0.3) is 0 Å². The number of rotatable bonds is 5. The van der Waals surface area contributed by atoms with Gasteiger partial charge in [-0.3, -0.25) is 0 Å². The van der Waals surface area contributed by atoms with E-state index in [1.54, 1.807) is 0 Å². The van der Waals surface area contributed by atoms with E-state index in [1.807, 2.05) is 0 Å². The zero-order valence-corrected chi connectivity index (χ0v) is 8.48. The molecule has 1 fully saturated rings. The van der Waals surface area contributed by atoms with E-state index < -0.39 is 0 Å². The standard InChI is InChI=1S/C9H18N2S/c12-10-6-2-5-9-11-7-3-1-4-8-11/h1-9H2. The number of hydrogen-bond acceptors (Lipinski definition) is 3. The molecule has 1 saturated heterocycles. The third-order valence-corrected chi connectivity index (χ3v) is 2.61. The lowest BCUT2D eigenvalue weighted by atomic mass is 10.1. The molecule has 0 aromatic rings. The lowest BCUT2D eigenvalue weighted by molar-refractivity contribution is 0.225. The fourth-order valence-electron chi connectivity index (χ4n) is 1.69. The highest BCUT2D eigenvalue weighted by Crippen LogP contribution is 2.09. The lowest BCUT2D eigenvalue weighted by Crippen LogP contribution is -2.30. The van der Waals surface area contributed by atoms with Gasteiger partial charge in [-0.2, -0.15) is 0 Å². The molecule has 0 spiro atoms. The molecule has 0 unspecified atom stereocenters. The monoisotopic (exact) mass is 186 g/mol. The van der Waals surface area contributed by atoms with Crippen molar-refractivity contribution in [2.75, 3.05) is 26.2 Å². The largest absolute Gasteiger partial charge is 0.303 e. The highest BCUT2D eigenvalue weighted by Gasteiger charge is 2.08. The second kappa shape index (κ2) is 6.49. The van der Waals surface area contributed by atoms with Crippen LogP contribution in [0.15, 0.2) is 4.36 Å². The maximum atomic E-state index is 4.53. The van der Waals surface area contributed by atoms with Crippen molar-refractivity contribution < 1.29 is 0 Å². The molecule has 2 nitrogen and oxygen atoms in total. The zero-order valence-electron chi connectivity index (χ0n) is 7.67. The molecule has 0 aromatic carbocycles. The molecule has 3 heteroatoms. The normalized spacial score (nSPS) is 19.3. The number of nitrogens with zero attached hydrogens (tertiary/aromatic N) is 2. The summed E-state index contributed by atoms with van der Waals surface area (Å²) < 4.78 is 3.68. The van der Waals surface area contributed by atoms with Crippen LogP contribution in [0.2, 0.25) is 0 Å². The van der Waals surface area contributed by atoms with E-state index in [1.165, 1.54) is 51.7 Å². The second-order valence-corrected chi connectivity index (χ2v) is 3.72. The molecule has 70 valence electrons. The molecule has 0 N–H and O–H groups in total. The van der Waals surface area contributed by atoms with Gasteiger partial charge in [0.1, 0.15) is 0 Å². The SMILES string of the molecule is S=NCCCCN1CCCCC1. The Hall–Kier alpha value is -0.0200. The first-order valence-electron chi connectivity index (χ1n) is 4.95. The summed E-state index contributed by atoms with van der Waals surface area (Å²) in [6.45, 7) is 4.74. The number of piperidine rings is 1. The summed E-state index contributed by atoms with van der Waals surface area (Å²) in [6, 6.07) is 0. The Bertz CT molecular complexity index is 122. The first-order valence-corrected chi connectivity index (χ1v) is 5.31. The summed E-state index contributed by atoms with van der Waals surface area (Å²) >= 11 is 4.53. The first kappa shape index (κ1) is 10.1. The molecule has 0 atom stereocenters. The van der Waals surface area contributed by atoms with E-state index >= 15 is 0 Å². The van der Waals surface area contributed by atoms with Gasteiger partial charge in [-0.25, -0.2) is 4.36 Å². The van der Waals surface area contributed by atoms with Crippen LogP contribution >= 0.6 is 0 Å². The fraction of sp³-hybridized carbons (Fsp3) is 1.00. The minimum atomic E-state index is 0.864. The van der Waals surface area contributed by atoms with Crippen molar-refractivity contribution in [1.82, 2.24) is 4.90 Å². The second-order valence-electron chi connectivity index (χ2n) is 3.46. The van der Waals surface area contributed by atoms with Crippen LogP contribution < -0.4 is 0 Å². The van der Waals surface area contributed by atoms with Crippen LogP contribution in [0.4, 0.5) is 0 Å². The smallest absolute Gasteiger partial charge is 0.0521 e. The van der Waals surface area contributed by atoms with Gasteiger partial charge >= 0.3 is 0 Å². The summed E-state index contributed by atoms with van der Waals surface area (Å²) in [5, 5.41) is 0.